The molecule has 0 saturated heterocycles. The first-order chi connectivity index (χ1) is 13.4. The Morgan fingerprint density at radius 3 is 2.75 bits per heavy atom. The smallest absolute Gasteiger partial charge is 0.322 e. The Kier molecular flexibility index (Phi) is 5.82. The third kappa shape index (κ3) is 4.08. The van der Waals surface area contributed by atoms with Crippen molar-refractivity contribution >= 4 is 23.3 Å². The van der Waals surface area contributed by atoms with E-state index in [0.29, 0.717) is 29.2 Å². The van der Waals surface area contributed by atoms with E-state index in [2.05, 4.69) is 5.32 Å². The molecule has 1 N–H and O–H groups in total. The molecule has 0 bridgehead atoms. The number of rotatable bonds is 5. The number of urea groups is 1. The molecule has 2 aromatic carbocycles. The highest BCUT2D eigenvalue weighted by molar-refractivity contribution is 6.00. The van der Waals surface area contributed by atoms with E-state index in [0.717, 1.165) is 6.42 Å². The van der Waals surface area contributed by atoms with Crippen molar-refractivity contribution in [2.24, 2.45) is 0 Å². The topological polar surface area (TPSA) is 61.9 Å². The van der Waals surface area contributed by atoms with Crippen LogP contribution in [0.2, 0.25) is 0 Å². The van der Waals surface area contributed by atoms with Crippen LogP contribution in [-0.4, -0.2) is 36.5 Å². The van der Waals surface area contributed by atoms with E-state index in [-0.39, 0.29) is 24.3 Å². The van der Waals surface area contributed by atoms with Crippen LogP contribution in [-0.2, 0) is 11.3 Å². The average Bonchev–Trinajstić information content (AvgIpc) is 2.67. The average molecular weight is 385 g/mol. The zero-order valence-electron chi connectivity index (χ0n) is 16.2. The number of carbonyl (C=O) groups excluding carboxylic acids is 2. The van der Waals surface area contributed by atoms with Crippen LogP contribution in [0.5, 0.6) is 5.75 Å². The van der Waals surface area contributed by atoms with Crippen molar-refractivity contribution < 1.29 is 18.7 Å². The number of hydrogen-bond acceptors (Lipinski definition) is 3. The second kappa shape index (κ2) is 8.29. The highest BCUT2D eigenvalue weighted by Gasteiger charge is 2.29. The lowest BCUT2D eigenvalue weighted by molar-refractivity contribution is -0.125. The van der Waals surface area contributed by atoms with E-state index in [1.54, 1.807) is 55.3 Å². The molecule has 1 heterocycles. The Balaban J connectivity index is 1.76. The van der Waals surface area contributed by atoms with Crippen molar-refractivity contribution in [1.29, 1.82) is 0 Å². The van der Waals surface area contributed by atoms with E-state index in [4.69, 9.17) is 4.74 Å². The van der Waals surface area contributed by atoms with Gasteiger partial charge in [-0.15, -0.1) is 0 Å². The van der Waals surface area contributed by atoms with Crippen LogP contribution in [0.4, 0.5) is 20.6 Å². The first kappa shape index (κ1) is 19.7. The Bertz CT molecular complexity index is 887. The van der Waals surface area contributed by atoms with E-state index in [9.17, 15) is 14.0 Å². The second-order valence-corrected chi connectivity index (χ2v) is 6.78. The zero-order chi connectivity index (χ0) is 20.3. The molecule has 0 fully saturated rings. The van der Waals surface area contributed by atoms with Crippen LogP contribution >= 0.6 is 0 Å². The Morgan fingerprint density at radius 2 is 2.04 bits per heavy atom. The van der Waals surface area contributed by atoms with Gasteiger partial charge in [-0.05, 0) is 31.5 Å². The molecule has 1 atom stereocenters. The minimum absolute atomic E-state index is 0.122. The summed E-state index contributed by atoms with van der Waals surface area (Å²) in [7, 11) is 1.69. The van der Waals surface area contributed by atoms with Crippen molar-refractivity contribution in [3.05, 3.63) is 53.8 Å². The Labute approximate surface area is 163 Å². The number of hydrogen-bond donors (Lipinski definition) is 1. The summed E-state index contributed by atoms with van der Waals surface area (Å²) < 4.78 is 19.6. The van der Waals surface area contributed by atoms with Crippen LogP contribution in [0.25, 0.3) is 0 Å². The molecule has 28 heavy (non-hydrogen) atoms. The molecule has 0 aromatic heterocycles. The first-order valence-corrected chi connectivity index (χ1v) is 9.28. The summed E-state index contributed by atoms with van der Waals surface area (Å²) in [5.41, 5.74) is 1.67. The van der Waals surface area contributed by atoms with Crippen LogP contribution in [0.3, 0.4) is 0 Å². The lowest BCUT2D eigenvalue weighted by Gasteiger charge is -2.30. The van der Waals surface area contributed by atoms with E-state index in [1.807, 2.05) is 6.92 Å². The number of fused-ring (bicyclic) bond motifs is 1. The predicted octanol–water partition coefficient (Wildman–Crippen LogP) is 4.01. The van der Waals surface area contributed by atoms with E-state index >= 15 is 0 Å². The molecule has 0 aliphatic carbocycles. The fourth-order valence-electron chi connectivity index (χ4n) is 3.15. The number of likely N-dealkylation sites (N-methyl/N-ethyl adjacent to an activating group) is 1. The van der Waals surface area contributed by atoms with Gasteiger partial charge in [0.25, 0.3) is 5.91 Å². The number of anilines is 2. The summed E-state index contributed by atoms with van der Waals surface area (Å²) in [6, 6.07) is 11.3. The predicted molar refractivity (Wildman–Crippen MR) is 106 cm³/mol. The van der Waals surface area contributed by atoms with Gasteiger partial charge in [-0.2, -0.15) is 0 Å². The number of carbonyl (C=O) groups is 2. The van der Waals surface area contributed by atoms with Crippen LogP contribution in [0.15, 0.2) is 42.5 Å². The number of nitrogens with zero attached hydrogens (tertiary/aromatic N) is 2. The van der Waals surface area contributed by atoms with Gasteiger partial charge >= 0.3 is 6.03 Å². The summed E-state index contributed by atoms with van der Waals surface area (Å²) in [5.74, 6) is 0.0760. The summed E-state index contributed by atoms with van der Waals surface area (Å²) in [4.78, 5) is 27.9. The van der Waals surface area contributed by atoms with Gasteiger partial charge in [0.2, 0.25) is 0 Å². The molecule has 7 heteroatoms. The summed E-state index contributed by atoms with van der Waals surface area (Å²) in [6.45, 7) is 4.32. The molecule has 1 aliphatic heterocycles. The molecule has 148 valence electrons. The second-order valence-electron chi connectivity index (χ2n) is 6.78. The molecular weight excluding hydrogens is 361 g/mol. The minimum atomic E-state index is -0.582. The molecule has 6 nitrogen and oxygen atoms in total. The Morgan fingerprint density at radius 1 is 1.29 bits per heavy atom. The minimum Gasteiger partial charge on any atom is -0.479 e. The molecule has 3 amide bonds. The molecule has 1 aliphatic rings. The standard InChI is InChI=1S/C21H24FN3O3/c1-4-11-25(13-15-7-5-6-8-17(15)22)21(27)23-16-9-10-18-19(12-16)28-14(2)20(26)24(18)3/h5-10,12,14H,4,11,13H2,1-3H3,(H,23,27). The Hall–Kier alpha value is -3.09. The highest BCUT2D eigenvalue weighted by atomic mass is 19.1. The van der Waals surface area contributed by atoms with E-state index in [1.165, 1.54) is 11.0 Å². The number of amides is 3. The number of benzene rings is 2. The third-order valence-corrected chi connectivity index (χ3v) is 4.65. The quantitative estimate of drug-likeness (QED) is 0.846. The van der Waals surface area contributed by atoms with Crippen molar-refractivity contribution in [2.75, 3.05) is 23.8 Å². The van der Waals surface area contributed by atoms with Crippen molar-refractivity contribution in [2.45, 2.75) is 32.9 Å². The summed E-state index contributed by atoms with van der Waals surface area (Å²) >= 11 is 0. The molecule has 1 unspecified atom stereocenters. The molecule has 0 radical (unpaired) electrons. The maximum atomic E-state index is 14.0. The summed E-state index contributed by atoms with van der Waals surface area (Å²) in [5, 5.41) is 2.84. The highest BCUT2D eigenvalue weighted by Crippen LogP contribution is 2.35. The van der Waals surface area contributed by atoms with Gasteiger partial charge in [0.1, 0.15) is 11.6 Å². The normalized spacial score (nSPS) is 15.6. The molecular formula is C21H24FN3O3. The maximum absolute atomic E-state index is 14.0. The fraction of sp³-hybridized carbons (Fsp3) is 0.333. The zero-order valence-corrected chi connectivity index (χ0v) is 16.2. The lowest BCUT2D eigenvalue weighted by atomic mass is 10.2. The number of halogens is 1. The lowest BCUT2D eigenvalue weighted by Crippen LogP contribution is -2.42. The number of nitrogens with one attached hydrogen (secondary N) is 1. The van der Waals surface area contributed by atoms with Gasteiger partial charge in [-0.25, -0.2) is 9.18 Å². The van der Waals surface area contributed by atoms with Gasteiger partial charge in [0.05, 0.1) is 12.2 Å². The molecule has 2 aromatic rings. The van der Waals surface area contributed by atoms with Crippen LogP contribution in [0, 0.1) is 5.82 Å². The number of ether oxygens (including phenoxy) is 1. The first-order valence-electron chi connectivity index (χ1n) is 9.28. The van der Waals surface area contributed by atoms with Crippen molar-refractivity contribution in [3.63, 3.8) is 0 Å². The van der Waals surface area contributed by atoms with E-state index < -0.39 is 6.10 Å². The van der Waals surface area contributed by atoms with Gasteiger partial charge in [-0.3, -0.25) is 4.79 Å². The molecule has 0 spiro atoms. The third-order valence-electron chi connectivity index (χ3n) is 4.65. The molecule has 3 rings (SSSR count). The maximum Gasteiger partial charge on any atom is 0.322 e. The van der Waals surface area contributed by atoms with Crippen molar-refractivity contribution in [3.8, 4) is 5.75 Å². The van der Waals surface area contributed by atoms with Gasteiger partial charge in [0.15, 0.2) is 6.10 Å². The molecule has 0 saturated carbocycles. The summed E-state index contributed by atoms with van der Waals surface area (Å²) in [6.07, 6.45) is 0.167. The monoisotopic (exact) mass is 385 g/mol. The fourth-order valence-corrected chi connectivity index (χ4v) is 3.15. The van der Waals surface area contributed by atoms with Gasteiger partial charge in [-0.1, -0.05) is 25.1 Å². The van der Waals surface area contributed by atoms with Crippen LogP contribution < -0.4 is 15.0 Å². The van der Waals surface area contributed by atoms with Gasteiger partial charge in [0, 0.05) is 30.9 Å². The SMILES string of the molecule is CCCN(Cc1ccccc1F)C(=O)Nc1ccc2c(c1)OC(C)C(=O)N2C. The largest absolute Gasteiger partial charge is 0.479 e. The van der Waals surface area contributed by atoms with Crippen LogP contribution in [0.1, 0.15) is 25.8 Å². The van der Waals surface area contributed by atoms with Gasteiger partial charge < -0.3 is 19.9 Å². The van der Waals surface area contributed by atoms with Crippen molar-refractivity contribution in [1.82, 2.24) is 4.90 Å².